The van der Waals surface area contributed by atoms with Gasteiger partial charge in [0.05, 0.1) is 13.7 Å². The molecule has 2 heterocycles. The van der Waals surface area contributed by atoms with E-state index in [0.717, 1.165) is 50.2 Å². The Hall–Kier alpha value is -3.06. The van der Waals surface area contributed by atoms with Gasteiger partial charge in [0.25, 0.3) is 0 Å². The molecule has 1 spiro atoms. The fourth-order valence-corrected chi connectivity index (χ4v) is 4.36. The van der Waals surface area contributed by atoms with E-state index >= 15 is 0 Å². The number of ether oxygens (including phenoxy) is 2. The van der Waals surface area contributed by atoms with E-state index in [1.54, 1.807) is 21.0 Å². The van der Waals surface area contributed by atoms with Gasteiger partial charge in [0.15, 0.2) is 0 Å². The van der Waals surface area contributed by atoms with Crippen molar-refractivity contribution in [2.75, 3.05) is 33.3 Å². The molecule has 2 aliphatic rings. The molecule has 0 unspecified atom stereocenters. The molecule has 0 radical (unpaired) electrons. The van der Waals surface area contributed by atoms with Crippen LogP contribution in [0.2, 0.25) is 0 Å². The minimum Gasteiger partial charge on any atom is -0.497 e. The van der Waals surface area contributed by atoms with Gasteiger partial charge in [0.2, 0.25) is 5.91 Å². The molecule has 35 heavy (non-hydrogen) atoms. The number of hydrogen-bond donors (Lipinski definition) is 1. The Labute approximate surface area is 209 Å². The molecule has 0 saturated carbocycles. The predicted octanol–water partition coefficient (Wildman–Crippen LogP) is 4.24. The Kier molecular flexibility index (Phi) is 9.55. The molecule has 4 rings (SSSR count). The second-order valence-corrected chi connectivity index (χ2v) is 9.74. The van der Waals surface area contributed by atoms with Crippen LogP contribution >= 0.6 is 0 Å². The van der Waals surface area contributed by atoms with Gasteiger partial charge in [-0.15, -0.1) is 0 Å². The molecule has 190 valence electrons. The molecule has 2 N–H and O–H groups in total. The first-order valence-electron chi connectivity index (χ1n) is 12.5. The summed E-state index contributed by atoms with van der Waals surface area (Å²) in [5, 5.41) is 0. The highest BCUT2D eigenvalue weighted by atomic mass is 16.6. The number of nitrogens with zero attached hydrogens (tertiary/aromatic N) is 2. The zero-order chi connectivity index (χ0) is 25.3. The second-order valence-electron chi connectivity index (χ2n) is 9.74. The van der Waals surface area contributed by atoms with E-state index in [4.69, 9.17) is 15.2 Å². The molecule has 0 aliphatic carbocycles. The van der Waals surface area contributed by atoms with Gasteiger partial charge in [0, 0.05) is 38.4 Å². The van der Waals surface area contributed by atoms with E-state index in [9.17, 15) is 9.59 Å². The van der Waals surface area contributed by atoms with Crippen molar-refractivity contribution in [1.82, 2.24) is 9.80 Å². The van der Waals surface area contributed by atoms with E-state index in [2.05, 4.69) is 35.2 Å². The van der Waals surface area contributed by atoms with E-state index in [-0.39, 0.29) is 23.5 Å². The molecule has 7 nitrogen and oxygen atoms in total. The van der Waals surface area contributed by atoms with Gasteiger partial charge in [-0.25, -0.2) is 4.79 Å². The molecule has 2 amide bonds. The number of likely N-dealkylation sites (tertiary alicyclic amines) is 1. The molecule has 2 aromatic rings. The Morgan fingerprint density at radius 1 is 1.06 bits per heavy atom. The minimum atomic E-state index is -0.306. The maximum Gasteiger partial charge on any atom is 0.410 e. The third-order valence-electron chi connectivity index (χ3n) is 6.69. The summed E-state index contributed by atoms with van der Waals surface area (Å²) >= 11 is 0. The zero-order valence-electron chi connectivity index (χ0n) is 21.2. The van der Waals surface area contributed by atoms with Gasteiger partial charge >= 0.3 is 6.09 Å². The first-order valence-corrected chi connectivity index (χ1v) is 12.5. The van der Waals surface area contributed by atoms with Crippen molar-refractivity contribution in [1.29, 1.82) is 0 Å². The van der Waals surface area contributed by atoms with Gasteiger partial charge in [-0.1, -0.05) is 56.3 Å². The van der Waals surface area contributed by atoms with E-state index in [0.29, 0.717) is 13.1 Å². The summed E-state index contributed by atoms with van der Waals surface area (Å²) in [4.78, 5) is 26.7. The Morgan fingerprint density at radius 3 is 2.26 bits per heavy atom. The van der Waals surface area contributed by atoms with Crippen molar-refractivity contribution in [3.05, 3.63) is 65.7 Å². The van der Waals surface area contributed by atoms with E-state index in [1.807, 2.05) is 29.2 Å². The van der Waals surface area contributed by atoms with Gasteiger partial charge in [-0.05, 0) is 42.6 Å². The van der Waals surface area contributed by atoms with Gasteiger partial charge in [-0.3, -0.25) is 9.69 Å². The summed E-state index contributed by atoms with van der Waals surface area (Å²) in [5.41, 5.74) is 6.99. The number of aryl methyl sites for hydroxylation is 1. The van der Waals surface area contributed by atoms with Crippen LogP contribution in [0.25, 0.3) is 0 Å². The van der Waals surface area contributed by atoms with Crippen LogP contribution in [0.5, 0.6) is 5.75 Å². The van der Waals surface area contributed by atoms with Gasteiger partial charge < -0.3 is 20.1 Å². The Morgan fingerprint density at radius 2 is 1.69 bits per heavy atom. The largest absolute Gasteiger partial charge is 0.497 e. The molecule has 0 aromatic heterocycles. The maximum absolute atomic E-state index is 12.5. The molecule has 2 aliphatic heterocycles. The molecule has 0 bridgehead atoms. The first kappa shape index (κ1) is 26.5. The minimum absolute atomic E-state index is 0.00926. The number of amides is 2. The van der Waals surface area contributed by atoms with Crippen LogP contribution < -0.4 is 10.5 Å². The smallest absolute Gasteiger partial charge is 0.410 e. The summed E-state index contributed by atoms with van der Waals surface area (Å²) in [6.45, 7) is 7.91. The summed E-state index contributed by atoms with van der Waals surface area (Å²) in [6, 6.07) is 18.5. The van der Waals surface area contributed by atoms with Crippen molar-refractivity contribution < 1.29 is 19.1 Å². The van der Waals surface area contributed by atoms with Crippen LogP contribution in [0.4, 0.5) is 4.79 Å². The molecular formula is C28H39N3O4. The lowest BCUT2D eigenvalue weighted by Crippen LogP contribution is -2.47. The number of hydrogen-bond acceptors (Lipinski definition) is 5. The summed E-state index contributed by atoms with van der Waals surface area (Å²) in [6.07, 6.45) is 3.94. The highest BCUT2D eigenvalue weighted by molar-refractivity contribution is 5.75. The fourth-order valence-electron chi connectivity index (χ4n) is 4.36. The predicted molar refractivity (Wildman–Crippen MR) is 137 cm³/mol. The highest BCUT2D eigenvalue weighted by Gasteiger charge is 2.46. The number of piperidine rings is 1. The van der Waals surface area contributed by atoms with E-state index in [1.165, 1.54) is 12.0 Å². The monoisotopic (exact) mass is 481 g/mol. The molecule has 2 fully saturated rings. The Bertz CT molecular complexity index is 938. The lowest BCUT2D eigenvalue weighted by atomic mass is 9.91. The first-order chi connectivity index (χ1) is 16.8. The quantitative estimate of drug-likeness (QED) is 0.610. The third-order valence-corrected chi connectivity index (χ3v) is 6.69. The van der Waals surface area contributed by atoms with Crippen LogP contribution in [0.1, 0.15) is 44.2 Å². The maximum atomic E-state index is 12.5. The van der Waals surface area contributed by atoms with Crippen molar-refractivity contribution in [2.45, 2.75) is 51.7 Å². The summed E-state index contributed by atoms with van der Waals surface area (Å²) in [7, 11) is 1.66. The fraction of sp³-hybridized carbons (Fsp3) is 0.500. The van der Waals surface area contributed by atoms with Crippen LogP contribution in [0.3, 0.4) is 0 Å². The SMILES string of the molecule is CC(C)C(N)=O.COc1ccc(CN2CC3(CCN(CCCc4ccccc4)CC3)OC2=O)cc1. The van der Waals surface area contributed by atoms with Crippen molar-refractivity contribution in [3.63, 3.8) is 0 Å². The van der Waals surface area contributed by atoms with Crippen molar-refractivity contribution >= 4 is 12.0 Å². The second kappa shape index (κ2) is 12.6. The summed E-state index contributed by atoms with van der Waals surface area (Å²) in [5.74, 6) is 0.578. The number of benzene rings is 2. The van der Waals surface area contributed by atoms with Crippen LogP contribution in [0, 0.1) is 5.92 Å². The average Bonchev–Trinajstić information content (AvgIpc) is 3.16. The highest BCUT2D eigenvalue weighted by Crippen LogP contribution is 2.34. The molecule has 0 atom stereocenters. The zero-order valence-corrected chi connectivity index (χ0v) is 21.2. The third kappa shape index (κ3) is 7.99. The van der Waals surface area contributed by atoms with Crippen molar-refractivity contribution in [3.8, 4) is 5.75 Å². The number of carbonyl (C=O) groups is 2. The van der Waals surface area contributed by atoms with Gasteiger partial charge in [-0.2, -0.15) is 0 Å². The van der Waals surface area contributed by atoms with Crippen LogP contribution in [0.15, 0.2) is 54.6 Å². The number of rotatable bonds is 8. The van der Waals surface area contributed by atoms with E-state index < -0.39 is 0 Å². The Balaban J connectivity index is 0.000000509. The lowest BCUT2D eigenvalue weighted by molar-refractivity contribution is -0.120. The van der Waals surface area contributed by atoms with Crippen molar-refractivity contribution in [2.24, 2.45) is 11.7 Å². The summed E-state index contributed by atoms with van der Waals surface area (Å²) < 4.78 is 11.1. The normalized spacial score (nSPS) is 17.1. The number of carbonyl (C=O) groups excluding carboxylic acids is 2. The molecule has 2 aromatic carbocycles. The molecule has 7 heteroatoms. The standard InChI is InChI=1S/C24H30N2O3.C4H9NO/c1-28-22-11-9-21(10-12-22)18-26-19-24(29-23(26)27)13-16-25(17-14-24)15-5-8-20-6-3-2-4-7-20;1-3(2)4(5)6/h2-4,6-7,9-12H,5,8,13-19H2,1H3;3H,1-2H3,(H2,5,6). The number of nitrogens with two attached hydrogens (primary N) is 1. The number of methoxy groups -OCH3 is 1. The molecular weight excluding hydrogens is 442 g/mol. The molecule has 2 saturated heterocycles. The number of primary amides is 1. The van der Waals surface area contributed by atoms with Gasteiger partial charge in [0.1, 0.15) is 11.4 Å². The lowest BCUT2D eigenvalue weighted by Gasteiger charge is -2.37. The van der Waals surface area contributed by atoms with Crippen LogP contribution in [-0.2, 0) is 22.5 Å². The average molecular weight is 482 g/mol. The van der Waals surface area contributed by atoms with Crippen LogP contribution in [-0.4, -0.2) is 60.7 Å². The topological polar surface area (TPSA) is 85.1 Å².